The molecule has 116 valence electrons. The average Bonchev–Trinajstić information content (AvgIpc) is 2.42. The third kappa shape index (κ3) is 3.33. The minimum absolute atomic E-state index is 0.00590. The zero-order valence-electron chi connectivity index (χ0n) is 11.0. The maximum atomic E-state index is 12.9. The zero-order chi connectivity index (χ0) is 15.7. The molecule has 0 aliphatic heterocycles. The fourth-order valence-corrected chi connectivity index (χ4v) is 2.25. The Bertz CT molecular complexity index is 537. The summed E-state index contributed by atoms with van der Waals surface area (Å²) in [5.74, 6) is -5.18. The number of carbonyl (C=O) groups is 1. The molecule has 0 amide bonds. The van der Waals surface area contributed by atoms with Crippen molar-refractivity contribution in [2.75, 3.05) is 6.61 Å². The van der Waals surface area contributed by atoms with Crippen molar-refractivity contribution in [3.8, 4) is 5.75 Å². The summed E-state index contributed by atoms with van der Waals surface area (Å²) in [6.07, 6.45) is -1.96. The van der Waals surface area contributed by atoms with Crippen LogP contribution in [0.5, 0.6) is 5.75 Å². The summed E-state index contributed by atoms with van der Waals surface area (Å²) >= 11 is 0. The molecule has 1 aromatic rings. The number of halogens is 5. The summed E-state index contributed by atoms with van der Waals surface area (Å²) in [6, 6.07) is 2.90. The highest BCUT2D eigenvalue weighted by Gasteiger charge is 2.58. The van der Waals surface area contributed by atoms with E-state index in [9.17, 15) is 26.7 Å². The van der Waals surface area contributed by atoms with E-state index in [0.717, 1.165) is 30.4 Å². The van der Waals surface area contributed by atoms with Gasteiger partial charge in [0.2, 0.25) is 0 Å². The lowest BCUT2D eigenvalue weighted by atomic mass is 9.90. The Hall–Kier alpha value is -1.66. The molecule has 0 N–H and O–H groups in total. The summed E-state index contributed by atoms with van der Waals surface area (Å²) in [4.78, 5) is 10.9. The van der Waals surface area contributed by atoms with E-state index in [1.165, 1.54) is 12.1 Å². The Balaban J connectivity index is 2.22. The van der Waals surface area contributed by atoms with E-state index in [-0.39, 0.29) is 11.3 Å². The third-order valence-corrected chi connectivity index (χ3v) is 3.42. The van der Waals surface area contributed by atoms with Crippen molar-refractivity contribution >= 4 is 6.29 Å². The van der Waals surface area contributed by atoms with E-state index in [1.807, 2.05) is 0 Å². The van der Waals surface area contributed by atoms with Crippen LogP contribution in [0, 0.1) is 0 Å². The molecule has 1 aromatic carbocycles. The number of ether oxygens (including phenoxy) is 1. The van der Waals surface area contributed by atoms with Gasteiger partial charge in [-0.2, -0.15) is 22.0 Å². The molecule has 0 unspecified atom stereocenters. The van der Waals surface area contributed by atoms with E-state index in [2.05, 4.69) is 4.74 Å². The first-order valence-electron chi connectivity index (χ1n) is 6.43. The smallest absolute Gasteiger partial charge is 0.456 e. The highest BCUT2D eigenvalue weighted by molar-refractivity contribution is 5.80. The summed E-state index contributed by atoms with van der Waals surface area (Å²) < 4.78 is 66.6. The summed E-state index contributed by atoms with van der Waals surface area (Å²) in [5.41, 5.74) is 1.74. The summed E-state index contributed by atoms with van der Waals surface area (Å²) in [6.45, 7) is -1.84. The second-order valence-corrected chi connectivity index (χ2v) is 4.97. The molecule has 0 radical (unpaired) electrons. The fraction of sp³-hybridized carbons (Fsp3) is 0.500. The van der Waals surface area contributed by atoms with Gasteiger partial charge in [0.1, 0.15) is 5.75 Å². The van der Waals surface area contributed by atoms with Gasteiger partial charge in [-0.25, -0.2) is 0 Å². The molecule has 1 aliphatic rings. The highest BCUT2D eigenvalue weighted by atomic mass is 19.4. The predicted octanol–water partition coefficient (Wildman–Crippen LogP) is 3.95. The van der Waals surface area contributed by atoms with Crippen molar-refractivity contribution in [1.29, 1.82) is 0 Å². The number of rotatable bonds is 4. The van der Waals surface area contributed by atoms with Crippen LogP contribution < -0.4 is 4.74 Å². The van der Waals surface area contributed by atoms with Crippen molar-refractivity contribution in [2.45, 2.75) is 37.8 Å². The maximum Gasteiger partial charge on any atom is 0.456 e. The normalized spacial score (nSPS) is 15.5. The molecular weight excluding hydrogens is 295 g/mol. The van der Waals surface area contributed by atoms with Gasteiger partial charge in [0.05, 0.1) is 5.56 Å². The number of carbonyl (C=O) groups excluding carboxylic acids is 1. The van der Waals surface area contributed by atoms with Crippen molar-refractivity contribution in [2.24, 2.45) is 0 Å². The molecule has 0 aromatic heterocycles. The Morgan fingerprint density at radius 2 is 1.62 bits per heavy atom. The van der Waals surface area contributed by atoms with Crippen molar-refractivity contribution in [3.63, 3.8) is 0 Å². The van der Waals surface area contributed by atoms with Crippen molar-refractivity contribution < 1.29 is 31.5 Å². The van der Waals surface area contributed by atoms with Gasteiger partial charge in [-0.15, -0.1) is 0 Å². The molecule has 2 rings (SSSR count). The molecule has 7 heteroatoms. The van der Waals surface area contributed by atoms with E-state index in [0.29, 0.717) is 12.7 Å². The number of hydrogen-bond acceptors (Lipinski definition) is 2. The maximum absolute atomic E-state index is 12.9. The quantitative estimate of drug-likeness (QED) is 0.622. The lowest BCUT2D eigenvalue weighted by Crippen LogP contribution is -2.41. The van der Waals surface area contributed by atoms with Crippen LogP contribution in [0.4, 0.5) is 22.0 Å². The lowest BCUT2D eigenvalue weighted by molar-refractivity contribution is -0.290. The monoisotopic (exact) mass is 308 g/mol. The van der Waals surface area contributed by atoms with Crippen LogP contribution in [-0.4, -0.2) is 25.0 Å². The summed E-state index contributed by atoms with van der Waals surface area (Å²) in [5, 5.41) is 0. The van der Waals surface area contributed by atoms with Crippen LogP contribution in [0.2, 0.25) is 0 Å². The van der Waals surface area contributed by atoms with Crippen LogP contribution in [0.1, 0.15) is 34.3 Å². The number of fused-ring (bicyclic) bond motifs is 1. The van der Waals surface area contributed by atoms with Crippen molar-refractivity contribution in [3.05, 3.63) is 28.8 Å². The van der Waals surface area contributed by atoms with Gasteiger partial charge in [0, 0.05) is 0 Å². The molecule has 0 saturated heterocycles. The Morgan fingerprint density at radius 3 is 2.14 bits per heavy atom. The van der Waals surface area contributed by atoms with Gasteiger partial charge in [-0.3, -0.25) is 4.79 Å². The topological polar surface area (TPSA) is 26.3 Å². The predicted molar refractivity (Wildman–Crippen MR) is 65.0 cm³/mol. The number of alkyl halides is 5. The minimum atomic E-state index is -5.68. The first-order valence-corrected chi connectivity index (χ1v) is 6.43. The van der Waals surface area contributed by atoms with Crippen molar-refractivity contribution in [1.82, 2.24) is 0 Å². The number of benzene rings is 1. The van der Waals surface area contributed by atoms with Gasteiger partial charge in [0.15, 0.2) is 12.9 Å². The van der Waals surface area contributed by atoms with Crippen LogP contribution >= 0.6 is 0 Å². The number of hydrogen-bond donors (Lipinski definition) is 0. The summed E-state index contributed by atoms with van der Waals surface area (Å²) in [7, 11) is 0. The van der Waals surface area contributed by atoms with Crippen LogP contribution in [-0.2, 0) is 12.8 Å². The molecule has 1 aliphatic carbocycles. The zero-order valence-corrected chi connectivity index (χ0v) is 11.0. The van der Waals surface area contributed by atoms with Gasteiger partial charge < -0.3 is 4.74 Å². The fourth-order valence-electron chi connectivity index (χ4n) is 2.25. The van der Waals surface area contributed by atoms with Crippen LogP contribution in [0.25, 0.3) is 0 Å². The van der Waals surface area contributed by atoms with E-state index < -0.39 is 18.7 Å². The van der Waals surface area contributed by atoms with Crippen LogP contribution in [0.3, 0.4) is 0 Å². The Kier molecular flexibility index (Phi) is 4.20. The van der Waals surface area contributed by atoms with E-state index in [4.69, 9.17) is 0 Å². The Morgan fingerprint density at radius 1 is 1.05 bits per heavy atom. The van der Waals surface area contributed by atoms with E-state index in [1.54, 1.807) is 0 Å². The molecule has 0 heterocycles. The first-order chi connectivity index (χ1) is 9.74. The highest BCUT2D eigenvalue weighted by Crippen LogP contribution is 2.36. The Labute approximate surface area is 117 Å². The molecule has 21 heavy (non-hydrogen) atoms. The van der Waals surface area contributed by atoms with Gasteiger partial charge in [0.25, 0.3) is 0 Å². The van der Waals surface area contributed by atoms with E-state index >= 15 is 0 Å². The number of aldehydes is 1. The molecule has 0 saturated carbocycles. The first kappa shape index (κ1) is 15.7. The largest absolute Gasteiger partial charge is 0.486 e. The minimum Gasteiger partial charge on any atom is -0.486 e. The lowest BCUT2D eigenvalue weighted by Gasteiger charge is -2.22. The standard InChI is InChI=1S/C14H13F5O2/c15-13(16,14(17,18)19)8-21-12-6-10-4-2-1-3-9(10)5-11(12)7-20/h5-7H,1-4,8H2. The van der Waals surface area contributed by atoms with Gasteiger partial charge >= 0.3 is 12.1 Å². The molecule has 0 atom stereocenters. The average molecular weight is 308 g/mol. The number of aryl methyl sites for hydroxylation is 2. The molecule has 0 spiro atoms. The van der Waals surface area contributed by atoms with Gasteiger partial charge in [-0.05, 0) is 48.9 Å². The molecule has 2 nitrogen and oxygen atoms in total. The molecule has 0 fully saturated rings. The molecule has 0 bridgehead atoms. The second kappa shape index (κ2) is 5.61. The second-order valence-electron chi connectivity index (χ2n) is 4.97. The van der Waals surface area contributed by atoms with Gasteiger partial charge in [-0.1, -0.05) is 0 Å². The SMILES string of the molecule is O=Cc1cc2c(cc1OCC(F)(F)C(F)(F)F)CCCC2. The third-order valence-electron chi connectivity index (χ3n) is 3.42. The molecular formula is C14H13F5O2. The van der Waals surface area contributed by atoms with Crippen LogP contribution in [0.15, 0.2) is 12.1 Å².